The minimum Gasteiger partial charge on any atom is -0.384 e. The van der Waals surface area contributed by atoms with E-state index in [-0.39, 0.29) is 12.4 Å². The van der Waals surface area contributed by atoms with Crippen LogP contribution in [0.4, 0.5) is 4.39 Å². The highest BCUT2D eigenvalue weighted by Gasteiger charge is 2.15. The van der Waals surface area contributed by atoms with Crippen LogP contribution in [0.5, 0.6) is 0 Å². The number of hydrogen-bond donors (Lipinski definition) is 1. The van der Waals surface area contributed by atoms with Gasteiger partial charge in [-0.3, -0.25) is 4.90 Å². The maximum absolute atomic E-state index is 13.6. The minimum atomic E-state index is -0.267. The highest BCUT2D eigenvalue weighted by atomic mass is 19.1. The summed E-state index contributed by atoms with van der Waals surface area (Å²) in [4.78, 5) is 4.75. The molecular weight excluding hydrogens is 255 g/mol. The quantitative estimate of drug-likeness (QED) is 0.843. The molecule has 0 saturated carbocycles. The van der Waals surface area contributed by atoms with Crippen molar-refractivity contribution in [3.05, 3.63) is 35.1 Å². The van der Waals surface area contributed by atoms with E-state index in [0.29, 0.717) is 5.56 Å². The monoisotopic (exact) mass is 276 g/mol. The van der Waals surface area contributed by atoms with Gasteiger partial charge in [0.05, 0.1) is 0 Å². The number of piperazine rings is 1. The van der Waals surface area contributed by atoms with E-state index in [1.165, 1.54) is 6.07 Å². The lowest BCUT2D eigenvalue weighted by Crippen LogP contribution is -2.45. The summed E-state index contributed by atoms with van der Waals surface area (Å²) in [6.07, 6.45) is 0. The van der Waals surface area contributed by atoms with E-state index in [1.54, 1.807) is 6.07 Å². The second kappa shape index (κ2) is 7.39. The maximum Gasteiger partial charge on any atom is 0.124 e. The zero-order chi connectivity index (χ0) is 14.4. The zero-order valence-electron chi connectivity index (χ0n) is 11.9. The summed E-state index contributed by atoms with van der Waals surface area (Å²) in [6.45, 7) is 7.99. The van der Waals surface area contributed by atoms with Gasteiger partial charge < -0.3 is 10.0 Å². The predicted octanol–water partition coefficient (Wildman–Crippen LogP) is 1.31. The van der Waals surface area contributed by atoms with Crippen molar-refractivity contribution in [2.24, 2.45) is 0 Å². The van der Waals surface area contributed by atoms with Crippen molar-refractivity contribution in [2.75, 3.05) is 39.3 Å². The van der Waals surface area contributed by atoms with Gasteiger partial charge in [-0.15, -0.1) is 0 Å². The molecule has 1 N–H and O–H groups in total. The van der Waals surface area contributed by atoms with Crippen LogP contribution in [0, 0.1) is 17.7 Å². The molecule has 2 rings (SSSR count). The topological polar surface area (TPSA) is 26.7 Å². The molecule has 0 unspecified atom stereocenters. The molecule has 1 heterocycles. The smallest absolute Gasteiger partial charge is 0.124 e. The van der Waals surface area contributed by atoms with Crippen LogP contribution in [-0.4, -0.2) is 54.2 Å². The number of aliphatic hydroxyl groups is 1. The van der Waals surface area contributed by atoms with Gasteiger partial charge in [0.25, 0.3) is 0 Å². The molecule has 0 atom stereocenters. The van der Waals surface area contributed by atoms with Crippen LogP contribution in [0.15, 0.2) is 18.2 Å². The number of aliphatic hydroxyl groups excluding tert-OH is 1. The Labute approximate surface area is 120 Å². The number of nitrogens with zero attached hydrogens (tertiary/aromatic N) is 2. The molecule has 1 aliphatic heterocycles. The van der Waals surface area contributed by atoms with Crippen molar-refractivity contribution >= 4 is 0 Å². The first-order valence-electron chi connectivity index (χ1n) is 7.05. The highest BCUT2D eigenvalue weighted by molar-refractivity contribution is 5.37. The normalized spacial score (nSPS) is 16.8. The predicted molar refractivity (Wildman–Crippen MR) is 77.8 cm³/mol. The molecule has 3 nitrogen and oxygen atoms in total. The van der Waals surface area contributed by atoms with Crippen LogP contribution < -0.4 is 0 Å². The summed E-state index contributed by atoms with van der Waals surface area (Å²) in [5.41, 5.74) is 1.57. The van der Waals surface area contributed by atoms with Crippen LogP contribution in [0.1, 0.15) is 18.1 Å². The van der Waals surface area contributed by atoms with Gasteiger partial charge in [-0.1, -0.05) is 18.8 Å². The summed E-state index contributed by atoms with van der Waals surface area (Å²) in [5, 5.41) is 8.70. The molecule has 0 amide bonds. The van der Waals surface area contributed by atoms with E-state index in [9.17, 15) is 4.39 Å². The largest absolute Gasteiger partial charge is 0.384 e. The number of rotatable bonds is 3. The Morgan fingerprint density at radius 1 is 1.15 bits per heavy atom. The molecule has 0 bridgehead atoms. The Hall–Kier alpha value is -1.41. The van der Waals surface area contributed by atoms with Crippen LogP contribution >= 0.6 is 0 Å². The molecule has 1 saturated heterocycles. The van der Waals surface area contributed by atoms with E-state index >= 15 is 0 Å². The van der Waals surface area contributed by atoms with E-state index in [0.717, 1.165) is 44.8 Å². The van der Waals surface area contributed by atoms with Crippen molar-refractivity contribution in [3.8, 4) is 11.8 Å². The molecule has 0 aliphatic carbocycles. The first-order valence-corrected chi connectivity index (χ1v) is 7.05. The second-order valence-corrected chi connectivity index (χ2v) is 5.02. The molecule has 4 heteroatoms. The van der Waals surface area contributed by atoms with Gasteiger partial charge in [-0.2, -0.15) is 0 Å². The fourth-order valence-corrected chi connectivity index (χ4v) is 2.48. The Morgan fingerprint density at radius 3 is 2.50 bits per heavy atom. The molecule has 0 radical (unpaired) electrons. The van der Waals surface area contributed by atoms with Crippen molar-refractivity contribution in [3.63, 3.8) is 0 Å². The summed E-state index contributed by atoms with van der Waals surface area (Å²) >= 11 is 0. The minimum absolute atomic E-state index is 0.204. The lowest BCUT2D eigenvalue weighted by Gasteiger charge is -2.34. The zero-order valence-corrected chi connectivity index (χ0v) is 11.9. The summed E-state index contributed by atoms with van der Waals surface area (Å²) in [5.74, 6) is 5.05. The lowest BCUT2D eigenvalue weighted by molar-refractivity contribution is 0.132. The van der Waals surface area contributed by atoms with E-state index in [2.05, 4.69) is 28.6 Å². The number of halogens is 1. The third-order valence-corrected chi connectivity index (χ3v) is 3.59. The molecule has 1 aromatic rings. The summed E-state index contributed by atoms with van der Waals surface area (Å²) in [7, 11) is 0. The Balaban J connectivity index is 2.00. The van der Waals surface area contributed by atoms with Crippen LogP contribution in [0.2, 0.25) is 0 Å². The summed E-state index contributed by atoms with van der Waals surface area (Å²) < 4.78 is 13.6. The Kier molecular flexibility index (Phi) is 5.54. The molecular formula is C16H21FN2O. The van der Waals surface area contributed by atoms with Gasteiger partial charge in [0.1, 0.15) is 12.4 Å². The molecule has 0 aromatic heterocycles. The maximum atomic E-state index is 13.6. The van der Waals surface area contributed by atoms with Crippen molar-refractivity contribution < 1.29 is 9.50 Å². The van der Waals surface area contributed by atoms with Gasteiger partial charge >= 0.3 is 0 Å². The van der Waals surface area contributed by atoms with Crippen LogP contribution in [-0.2, 0) is 6.54 Å². The first-order chi connectivity index (χ1) is 9.71. The standard InChI is InChI=1S/C16H21FN2O/c1-2-18-5-7-19(8-6-18)13-15-10-14(4-3-9-20)11-16(17)12-15/h10-12,20H,2,5-9,13H2,1H3. The van der Waals surface area contributed by atoms with Gasteiger partial charge in [-0.05, 0) is 30.3 Å². The summed E-state index contributed by atoms with van der Waals surface area (Å²) in [6, 6.07) is 4.87. The van der Waals surface area contributed by atoms with Gasteiger partial charge in [0.2, 0.25) is 0 Å². The SMILES string of the molecule is CCN1CCN(Cc2cc(F)cc(C#CCO)c2)CC1. The Bertz CT molecular complexity index is 499. The van der Waals surface area contributed by atoms with Gasteiger partial charge in [0.15, 0.2) is 0 Å². The van der Waals surface area contributed by atoms with E-state index in [4.69, 9.17) is 5.11 Å². The third kappa shape index (κ3) is 4.31. The number of likely N-dealkylation sites (N-methyl/N-ethyl adjacent to an activating group) is 1. The molecule has 1 fully saturated rings. The Morgan fingerprint density at radius 2 is 1.85 bits per heavy atom. The first kappa shape index (κ1) is 15.0. The molecule has 1 aromatic carbocycles. The average molecular weight is 276 g/mol. The molecule has 1 aliphatic rings. The van der Waals surface area contributed by atoms with Crippen molar-refractivity contribution in [1.82, 2.24) is 9.80 Å². The van der Waals surface area contributed by atoms with Crippen LogP contribution in [0.3, 0.4) is 0 Å². The van der Waals surface area contributed by atoms with Gasteiger partial charge in [0, 0.05) is 38.3 Å². The van der Waals surface area contributed by atoms with E-state index < -0.39 is 0 Å². The average Bonchev–Trinajstić information content (AvgIpc) is 2.45. The number of benzene rings is 1. The third-order valence-electron chi connectivity index (χ3n) is 3.59. The van der Waals surface area contributed by atoms with Crippen LogP contribution in [0.25, 0.3) is 0 Å². The molecule has 108 valence electrons. The fourth-order valence-electron chi connectivity index (χ4n) is 2.48. The highest BCUT2D eigenvalue weighted by Crippen LogP contribution is 2.12. The van der Waals surface area contributed by atoms with Crippen molar-refractivity contribution in [2.45, 2.75) is 13.5 Å². The van der Waals surface area contributed by atoms with Crippen molar-refractivity contribution in [1.29, 1.82) is 0 Å². The number of hydrogen-bond acceptors (Lipinski definition) is 3. The second-order valence-electron chi connectivity index (χ2n) is 5.02. The molecule has 0 spiro atoms. The van der Waals surface area contributed by atoms with Gasteiger partial charge in [-0.25, -0.2) is 4.39 Å². The van der Waals surface area contributed by atoms with E-state index in [1.807, 2.05) is 6.07 Å². The molecule has 20 heavy (non-hydrogen) atoms. The fraction of sp³-hybridized carbons (Fsp3) is 0.500. The lowest BCUT2D eigenvalue weighted by atomic mass is 10.1.